The van der Waals surface area contributed by atoms with Gasteiger partial charge in [-0.3, -0.25) is 4.79 Å². The Kier molecular flexibility index (Phi) is 3.96. The molecule has 3 heterocycles. The highest BCUT2D eigenvalue weighted by atomic mass is 19.4. The molecule has 0 saturated carbocycles. The van der Waals surface area contributed by atoms with Crippen LogP contribution >= 0.6 is 0 Å². The fraction of sp³-hybridized carbons (Fsp3) is 0.190. The average molecular weight is 412 g/mol. The molecule has 5 rings (SSSR count). The number of hydrogen-bond donors (Lipinski definition) is 1. The Morgan fingerprint density at radius 3 is 2.63 bits per heavy atom. The van der Waals surface area contributed by atoms with Gasteiger partial charge in [0.25, 0.3) is 5.91 Å². The number of nitrogens with one attached hydrogen (secondary N) is 1. The number of carbonyl (C=O) groups excluding carboxylic acids is 1. The Bertz CT molecular complexity index is 1290. The minimum absolute atomic E-state index is 0.159. The van der Waals surface area contributed by atoms with Gasteiger partial charge in [0.15, 0.2) is 17.3 Å². The summed E-state index contributed by atoms with van der Waals surface area (Å²) in [6.45, 7) is 2.73. The van der Waals surface area contributed by atoms with E-state index in [-0.39, 0.29) is 5.91 Å². The first-order valence-electron chi connectivity index (χ1n) is 9.26. The highest BCUT2D eigenvalue weighted by Crippen LogP contribution is 2.36. The van der Waals surface area contributed by atoms with Crippen LogP contribution in [0.1, 0.15) is 21.5 Å². The molecule has 1 aliphatic heterocycles. The zero-order valence-electron chi connectivity index (χ0n) is 15.7. The number of imidazole rings is 1. The second-order valence-corrected chi connectivity index (χ2v) is 7.08. The summed E-state index contributed by atoms with van der Waals surface area (Å²) in [5.41, 5.74) is 2.83. The predicted molar refractivity (Wildman–Crippen MR) is 103 cm³/mol. The molecule has 0 saturated heterocycles. The lowest BCUT2D eigenvalue weighted by Crippen LogP contribution is -2.24. The van der Waals surface area contributed by atoms with Crippen molar-refractivity contribution < 1.29 is 22.5 Å². The van der Waals surface area contributed by atoms with Crippen LogP contribution in [0.4, 0.5) is 13.2 Å². The number of nitrogens with zero attached hydrogens (tertiary/aromatic N) is 3. The van der Waals surface area contributed by atoms with Crippen molar-refractivity contribution in [3.8, 4) is 22.8 Å². The number of rotatable bonds is 2. The monoisotopic (exact) mass is 412 g/mol. The third kappa shape index (κ3) is 2.77. The fourth-order valence-electron chi connectivity index (χ4n) is 3.77. The molecule has 6 nitrogen and oxygen atoms in total. The first kappa shape index (κ1) is 18.4. The SMILES string of the molecule is Cc1c(-c2nc3cccc4c3n2CCNC4=O)noc1-c1ccc(C(F)(F)F)cc1. The van der Waals surface area contributed by atoms with Gasteiger partial charge in [0, 0.05) is 24.2 Å². The number of aromatic nitrogens is 3. The maximum absolute atomic E-state index is 12.8. The van der Waals surface area contributed by atoms with Gasteiger partial charge in [-0.2, -0.15) is 13.2 Å². The summed E-state index contributed by atoms with van der Waals surface area (Å²) < 4.78 is 45.9. The van der Waals surface area contributed by atoms with Crippen molar-refractivity contribution in [2.45, 2.75) is 19.6 Å². The Morgan fingerprint density at radius 1 is 1.13 bits per heavy atom. The number of carbonyl (C=O) groups is 1. The molecule has 0 unspecified atom stereocenters. The summed E-state index contributed by atoms with van der Waals surface area (Å²) in [6, 6.07) is 10.1. The lowest BCUT2D eigenvalue weighted by molar-refractivity contribution is -0.137. The molecule has 0 radical (unpaired) electrons. The van der Waals surface area contributed by atoms with Crippen molar-refractivity contribution in [1.82, 2.24) is 20.0 Å². The van der Waals surface area contributed by atoms with E-state index in [1.54, 1.807) is 19.1 Å². The lowest BCUT2D eigenvalue weighted by Gasteiger charge is -2.07. The molecule has 152 valence electrons. The maximum Gasteiger partial charge on any atom is 0.416 e. The Labute approximate surface area is 168 Å². The molecule has 1 aliphatic rings. The number of alkyl halides is 3. The Balaban J connectivity index is 1.63. The van der Waals surface area contributed by atoms with Crippen LogP contribution in [0.15, 0.2) is 47.0 Å². The summed E-state index contributed by atoms with van der Waals surface area (Å²) in [5.74, 6) is 0.767. The molecule has 9 heteroatoms. The minimum Gasteiger partial charge on any atom is -0.355 e. The average Bonchev–Trinajstić information content (AvgIpc) is 3.22. The van der Waals surface area contributed by atoms with Gasteiger partial charge in [-0.05, 0) is 31.2 Å². The van der Waals surface area contributed by atoms with Crippen LogP contribution < -0.4 is 5.32 Å². The van der Waals surface area contributed by atoms with Gasteiger partial charge in [-0.25, -0.2) is 4.98 Å². The van der Waals surface area contributed by atoms with Crippen LogP contribution in [0, 0.1) is 6.92 Å². The van der Waals surface area contributed by atoms with E-state index in [9.17, 15) is 18.0 Å². The Morgan fingerprint density at radius 2 is 1.90 bits per heavy atom. The van der Waals surface area contributed by atoms with Gasteiger partial charge < -0.3 is 14.4 Å². The largest absolute Gasteiger partial charge is 0.416 e. The van der Waals surface area contributed by atoms with Gasteiger partial charge in [0.05, 0.1) is 22.2 Å². The minimum atomic E-state index is -4.40. The van der Waals surface area contributed by atoms with Crippen LogP contribution in [-0.4, -0.2) is 27.2 Å². The molecule has 0 aliphatic carbocycles. The zero-order chi connectivity index (χ0) is 21.0. The molecule has 2 aromatic carbocycles. The number of halogens is 3. The van der Waals surface area contributed by atoms with Crippen LogP contribution in [0.25, 0.3) is 33.9 Å². The molecule has 0 atom stereocenters. The van der Waals surface area contributed by atoms with E-state index >= 15 is 0 Å². The molecule has 2 aromatic heterocycles. The molecule has 30 heavy (non-hydrogen) atoms. The number of para-hydroxylation sites is 1. The van der Waals surface area contributed by atoms with Crippen molar-refractivity contribution >= 4 is 16.9 Å². The van der Waals surface area contributed by atoms with Crippen LogP contribution in [0.2, 0.25) is 0 Å². The highest BCUT2D eigenvalue weighted by molar-refractivity contribution is 6.06. The van der Waals surface area contributed by atoms with Gasteiger partial charge in [0.2, 0.25) is 0 Å². The smallest absolute Gasteiger partial charge is 0.355 e. The third-order valence-corrected chi connectivity index (χ3v) is 5.24. The topological polar surface area (TPSA) is 73.0 Å². The molecular weight excluding hydrogens is 397 g/mol. The molecule has 4 aromatic rings. The second-order valence-electron chi connectivity index (χ2n) is 7.08. The van der Waals surface area contributed by atoms with E-state index in [0.717, 1.165) is 17.6 Å². The molecular formula is C21H15F3N4O2. The molecule has 0 bridgehead atoms. The quantitative estimate of drug-likeness (QED) is 0.529. The summed E-state index contributed by atoms with van der Waals surface area (Å²) in [6.07, 6.45) is -4.40. The summed E-state index contributed by atoms with van der Waals surface area (Å²) >= 11 is 0. The standard InChI is InChI=1S/C21H15F3N4O2/c1-11-16(27-30-18(11)12-5-7-13(8-6-12)21(22,23)24)19-26-15-4-2-3-14-17(15)28(19)10-9-25-20(14)29/h2-8H,9-10H2,1H3,(H,25,29). The van der Waals surface area contributed by atoms with Crippen molar-refractivity contribution in [2.24, 2.45) is 0 Å². The lowest BCUT2D eigenvalue weighted by atomic mass is 10.1. The van der Waals surface area contributed by atoms with E-state index in [4.69, 9.17) is 4.52 Å². The predicted octanol–water partition coefficient (Wildman–Crippen LogP) is 4.43. The normalized spacial score (nSPS) is 14.1. The van der Waals surface area contributed by atoms with Gasteiger partial charge in [0.1, 0.15) is 0 Å². The highest BCUT2D eigenvalue weighted by Gasteiger charge is 2.30. The zero-order valence-corrected chi connectivity index (χ0v) is 15.7. The molecule has 0 fully saturated rings. The number of amides is 1. The second kappa shape index (κ2) is 6.45. The van der Waals surface area contributed by atoms with E-state index in [1.165, 1.54) is 12.1 Å². The molecule has 0 spiro atoms. The summed E-state index contributed by atoms with van der Waals surface area (Å²) in [4.78, 5) is 17.0. The van der Waals surface area contributed by atoms with Crippen molar-refractivity contribution in [3.63, 3.8) is 0 Å². The first-order chi connectivity index (χ1) is 14.3. The van der Waals surface area contributed by atoms with Gasteiger partial charge in [-0.15, -0.1) is 0 Å². The summed E-state index contributed by atoms with van der Waals surface area (Å²) in [7, 11) is 0. The molecule has 1 N–H and O–H groups in total. The van der Waals surface area contributed by atoms with E-state index in [0.29, 0.717) is 52.6 Å². The third-order valence-electron chi connectivity index (χ3n) is 5.24. The number of hydrogen-bond acceptors (Lipinski definition) is 4. The van der Waals surface area contributed by atoms with Crippen molar-refractivity contribution in [3.05, 3.63) is 59.2 Å². The van der Waals surface area contributed by atoms with Crippen LogP contribution in [0.3, 0.4) is 0 Å². The first-order valence-corrected chi connectivity index (χ1v) is 9.26. The van der Waals surface area contributed by atoms with E-state index in [1.807, 2.05) is 10.6 Å². The number of benzene rings is 2. The summed E-state index contributed by atoms with van der Waals surface area (Å²) in [5, 5.41) is 7.01. The van der Waals surface area contributed by atoms with Gasteiger partial charge >= 0.3 is 6.18 Å². The van der Waals surface area contributed by atoms with E-state index in [2.05, 4.69) is 15.5 Å². The molecule has 1 amide bonds. The van der Waals surface area contributed by atoms with Gasteiger partial charge in [-0.1, -0.05) is 23.4 Å². The van der Waals surface area contributed by atoms with Crippen LogP contribution in [0.5, 0.6) is 0 Å². The van der Waals surface area contributed by atoms with E-state index < -0.39 is 11.7 Å². The van der Waals surface area contributed by atoms with Crippen LogP contribution in [-0.2, 0) is 12.7 Å². The maximum atomic E-state index is 12.8. The van der Waals surface area contributed by atoms with Crippen molar-refractivity contribution in [2.75, 3.05) is 6.54 Å². The van der Waals surface area contributed by atoms with Crippen molar-refractivity contribution in [1.29, 1.82) is 0 Å². The Hall–Kier alpha value is -3.62. The fourth-order valence-corrected chi connectivity index (χ4v) is 3.77.